The number of rotatable bonds is 4. The average Bonchev–Trinajstić information content (AvgIpc) is 3.06. The Bertz CT molecular complexity index is 867. The van der Waals surface area contributed by atoms with Crippen LogP contribution in [0.3, 0.4) is 0 Å². The molecule has 0 radical (unpaired) electrons. The molecule has 128 valence electrons. The van der Waals surface area contributed by atoms with Crippen LogP contribution in [-0.2, 0) is 15.2 Å². The quantitative estimate of drug-likeness (QED) is 0.637. The van der Waals surface area contributed by atoms with Gasteiger partial charge in [0.2, 0.25) is 0 Å². The van der Waals surface area contributed by atoms with Gasteiger partial charge in [-0.25, -0.2) is 0 Å². The van der Waals surface area contributed by atoms with Gasteiger partial charge < -0.3 is 20.2 Å². The van der Waals surface area contributed by atoms with Gasteiger partial charge in [-0.15, -0.1) is 0 Å². The first-order chi connectivity index (χ1) is 12.0. The lowest BCUT2D eigenvalue weighted by atomic mass is 10.0. The third-order valence-corrected chi connectivity index (χ3v) is 3.79. The zero-order chi connectivity index (χ0) is 17.9. The summed E-state index contributed by atoms with van der Waals surface area (Å²) in [4.78, 5) is 23.8. The number of hydrogen-bond donors (Lipinski definition) is 3. The Kier molecular flexibility index (Phi) is 4.54. The van der Waals surface area contributed by atoms with Gasteiger partial charge in [0.25, 0.3) is 0 Å². The minimum atomic E-state index is -1.44. The SMILES string of the molecule is C[C@](O)(CNC(=O)C(=O)Nc1ccccc1)c1cc2ccccc2o1. The molecule has 0 aliphatic carbocycles. The molecule has 6 heteroatoms. The molecule has 1 atom stereocenters. The summed E-state index contributed by atoms with van der Waals surface area (Å²) in [6.45, 7) is 1.36. The fourth-order valence-corrected chi connectivity index (χ4v) is 2.38. The molecule has 0 saturated carbocycles. The average molecular weight is 338 g/mol. The van der Waals surface area contributed by atoms with Crippen LogP contribution in [0.2, 0.25) is 0 Å². The second kappa shape index (κ2) is 6.78. The van der Waals surface area contributed by atoms with E-state index in [-0.39, 0.29) is 6.54 Å². The van der Waals surface area contributed by atoms with E-state index < -0.39 is 17.4 Å². The number of carbonyl (C=O) groups is 2. The molecule has 25 heavy (non-hydrogen) atoms. The second-order valence-electron chi connectivity index (χ2n) is 5.93. The molecule has 0 spiro atoms. The number of furan rings is 1. The van der Waals surface area contributed by atoms with Crippen molar-refractivity contribution in [1.82, 2.24) is 5.32 Å². The summed E-state index contributed by atoms with van der Waals surface area (Å²) >= 11 is 0. The number of anilines is 1. The molecule has 1 heterocycles. The first-order valence-electron chi connectivity index (χ1n) is 7.81. The maximum Gasteiger partial charge on any atom is 0.313 e. The van der Waals surface area contributed by atoms with Crippen molar-refractivity contribution in [2.24, 2.45) is 0 Å². The van der Waals surface area contributed by atoms with Gasteiger partial charge in [-0.3, -0.25) is 9.59 Å². The Labute approximate surface area is 144 Å². The highest BCUT2D eigenvalue weighted by molar-refractivity contribution is 6.39. The van der Waals surface area contributed by atoms with E-state index in [0.717, 1.165) is 5.39 Å². The lowest BCUT2D eigenvalue weighted by Gasteiger charge is -2.20. The van der Waals surface area contributed by atoms with Crippen LogP contribution in [0, 0.1) is 0 Å². The molecule has 2 amide bonds. The maximum absolute atomic E-state index is 11.9. The van der Waals surface area contributed by atoms with Crippen LogP contribution in [0.5, 0.6) is 0 Å². The Morgan fingerprint density at radius 2 is 1.72 bits per heavy atom. The summed E-state index contributed by atoms with van der Waals surface area (Å²) in [7, 11) is 0. The van der Waals surface area contributed by atoms with E-state index in [9.17, 15) is 14.7 Å². The molecule has 0 bridgehead atoms. The van der Waals surface area contributed by atoms with E-state index in [0.29, 0.717) is 17.0 Å². The summed E-state index contributed by atoms with van der Waals surface area (Å²) in [5, 5.41) is 16.3. The minimum Gasteiger partial charge on any atom is -0.458 e. The smallest absolute Gasteiger partial charge is 0.313 e. The largest absolute Gasteiger partial charge is 0.458 e. The lowest BCUT2D eigenvalue weighted by molar-refractivity contribution is -0.136. The molecule has 0 saturated heterocycles. The van der Waals surface area contributed by atoms with Crippen LogP contribution in [0.1, 0.15) is 12.7 Å². The van der Waals surface area contributed by atoms with Crippen molar-refractivity contribution in [3.8, 4) is 0 Å². The number of fused-ring (bicyclic) bond motifs is 1. The predicted octanol–water partition coefficient (Wildman–Crippen LogP) is 2.40. The van der Waals surface area contributed by atoms with Crippen molar-refractivity contribution >= 4 is 28.5 Å². The molecule has 0 aliphatic rings. The normalized spacial score (nSPS) is 13.2. The molecule has 0 aliphatic heterocycles. The summed E-state index contributed by atoms with van der Waals surface area (Å²) in [6.07, 6.45) is 0. The molecule has 2 aromatic carbocycles. The van der Waals surface area contributed by atoms with Crippen LogP contribution >= 0.6 is 0 Å². The summed E-state index contributed by atoms with van der Waals surface area (Å²) in [5.74, 6) is -1.32. The highest BCUT2D eigenvalue weighted by atomic mass is 16.4. The molecule has 1 aromatic heterocycles. The maximum atomic E-state index is 11.9. The first kappa shape index (κ1) is 16.7. The summed E-state index contributed by atoms with van der Waals surface area (Å²) in [5.41, 5.74) is -0.278. The van der Waals surface area contributed by atoms with E-state index in [4.69, 9.17) is 4.42 Å². The van der Waals surface area contributed by atoms with Gasteiger partial charge in [0.15, 0.2) is 0 Å². The molecular weight excluding hydrogens is 320 g/mol. The Morgan fingerprint density at radius 1 is 1.04 bits per heavy atom. The van der Waals surface area contributed by atoms with Crippen LogP contribution in [0.25, 0.3) is 11.0 Å². The number of para-hydroxylation sites is 2. The van der Waals surface area contributed by atoms with Gasteiger partial charge in [0.05, 0.1) is 6.54 Å². The number of hydrogen-bond acceptors (Lipinski definition) is 4. The molecule has 6 nitrogen and oxygen atoms in total. The van der Waals surface area contributed by atoms with Crippen LogP contribution in [0.15, 0.2) is 65.1 Å². The van der Waals surface area contributed by atoms with E-state index >= 15 is 0 Å². The second-order valence-corrected chi connectivity index (χ2v) is 5.93. The topological polar surface area (TPSA) is 91.6 Å². The Balaban J connectivity index is 1.63. The van der Waals surface area contributed by atoms with Crippen LogP contribution in [-0.4, -0.2) is 23.5 Å². The highest BCUT2D eigenvalue weighted by Crippen LogP contribution is 2.27. The van der Waals surface area contributed by atoms with Crippen molar-refractivity contribution in [2.75, 3.05) is 11.9 Å². The summed E-state index contributed by atoms with van der Waals surface area (Å²) < 4.78 is 5.62. The molecule has 0 fully saturated rings. The van der Waals surface area contributed by atoms with Gasteiger partial charge in [-0.05, 0) is 31.2 Å². The monoisotopic (exact) mass is 338 g/mol. The molecule has 3 N–H and O–H groups in total. The van der Waals surface area contributed by atoms with Crippen molar-refractivity contribution in [2.45, 2.75) is 12.5 Å². The van der Waals surface area contributed by atoms with Gasteiger partial charge in [-0.1, -0.05) is 36.4 Å². The van der Waals surface area contributed by atoms with Crippen LogP contribution in [0.4, 0.5) is 5.69 Å². The summed E-state index contributed by atoms with van der Waals surface area (Å²) in [6, 6.07) is 17.7. The zero-order valence-corrected chi connectivity index (χ0v) is 13.7. The van der Waals surface area contributed by atoms with Gasteiger partial charge in [0, 0.05) is 11.1 Å². The molecule has 3 rings (SSSR count). The standard InChI is InChI=1S/C19H18N2O4/c1-19(24,16-11-13-7-5-6-10-15(13)25-16)12-20-17(22)18(23)21-14-8-3-2-4-9-14/h2-11,24H,12H2,1H3,(H,20,22)(H,21,23)/t19-/m0/s1. The van der Waals surface area contributed by atoms with Gasteiger partial charge in [0.1, 0.15) is 16.9 Å². The predicted molar refractivity (Wildman–Crippen MR) is 93.9 cm³/mol. The van der Waals surface area contributed by atoms with E-state index in [2.05, 4.69) is 10.6 Å². The van der Waals surface area contributed by atoms with E-state index in [1.165, 1.54) is 6.92 Å². The van der Waals surface area contributed by atoms with Crippen LogP contribution < -0.4 is 10.6 Å². The van der Waals surface area contributed by atoms with Crippen molar-refractivity contribution in [3.63, 3.8) is 0 Å². The Morgan fingerprint density at radius 3 is 2.44 bits per heavy atom. The fourth-order valence-electron chi connectivity index (χ4n) is 2.38. The first-order valence-corrected chi connectivity index (χ1v) is 7.81. The molecular formula is C19H18N2O4. The zero-order valence-electron chi connectivity index (χ0n) is 13.7. The van der Waals surface area contributed by atoms with Gasteiger partial charge >= 0.3 is 11.8 Å². The van der Waals surface area contributed by atoms with Crippen molar-refractivity contribution in [1.29, 1.82) is 0 Å². The van der Waals surface area contributed by atoms with E-state index in [1.54, 1.807) is 42.5 Å². The fraction of sp³-hybridized carbons (Fsp3) is 0.158. The number of aliphatic hydroxyl groups is 1. The Hall–Kier alpha value is -3.12. The van der Waals surface area contributed by atoms with Crippen molar-refractivity contribution in [3.05, 3.63) is 66.4 Å². The molecule has 0 unspecified atom stereocenters. The number of carbonyl (C=O) groups excluding carboxylic acids is 2. The number of nitrogens with one attached hydrogen (secondary N) is 2. The minimum absolute atomic E-state index is 0.159. The molecule has 3 aromatic rings. The third-order valence-electron chi connectivity index (χ3n) is 3.79. The number of amides is 2. The van der Waals surface area contributed by atoms with Crippen molar-refractivity contribution < 1.29 is 19.1 Å². The van der Waals surface area contributed by atoms with Gasteiger partial charge in [-0.2, -0.15) is 0 Å². The highest BCUT2D eigenvalue weighted by Gasteiger charge is 2.29. The third kappa shape index (κ3) is 3.87. The lowest BCUT2D eigenvalue weighted by Crippen LogP contribution is -2.43. The number of benzene rings is 2. The van der Waals surface area contributed by atoms with E-state index in [1.807, 2.05) is 18.2 Å².